The van der Waals surface area contributed by atoms with E-state index in [0.717, 1.165) is 29.4 Å². The Kier molecular flexibility index (Phi) is 3.53. The van der Waals surface area contributed by atoms with Crippen LogP contribution in [0, 0.1) is 0 Å². The Morgan fingerprint density at radius 1 is 1.24 bits per heavy atom. The van der Waals surface area contributed by atoms with Crippen LogP contribution in [0.5, 0.6) is 0 Å². The highest BCUT2D eigenvalue weighted by atomic mass is 16.4. The summed E-state index contributed by atoms with van der Waals surface area (Å²) in [4.78, 5) is 15.5. The number of carbonyl (C=O) groups is 1. The second-order valence-electron chi connectivity index (χ2n) is 6.12. The van der Waals surface area contributed by atoms with E-state index in [2.05, 4.69) is 17.2 Å². The van der Waals surface area contributed by atoms with Gasteiger partial charge in [0.15, 0.2) is 5.69 Å². The van der Waals surface area contributed by atoms with Crippen LogP contribution in [-0.2, 0) is 0 Å². The third-order valence-electron chi connectivity index (χ3n) is 4.33. The number of rotatable bonds is 3. The number of para-hydroxylation sites is 1. The molecule has 3 rings (SSSR count). The fraction of sp³-hybridized carbons (Fsp3) is 0.412. The number of nitrogens with zero attached hydrogens (tertiary/aromatic N) is 1. The molecule has 4 nitrogen and oxygen atoms in total. The molecule has 0 atom stereocenters. The third kappa shape index (κ3) is 2.84. The van der Waals surface area contributed by atoms with Crippen molar-refractivity contribution < 1.29 is 9.90 Å². The van der Waals surface area contributed by atoms with Crippen molar-refractivity contribution in [3.05, 3.63) is 36.0 Å². The van der Waals surface area contributed by atoms with Gasteiger partial charge in [0.25, 0.3) is 0 Å². The van der Waals surface area contributed by atoms with Crippen LogP contribution in [0.2, 0.25) is 0 Å². The molecule has 1 saturated carbocycles. The van der Waals surface area contributed by atoms with Crippen LogP contribution in [0.3, 0.4) is 0 Å². The Bertz CT molecular complexity index is 676. The first-order valence-corrected chi connectivity index (χ1v) is 7.49. The second kappa shape index (κ2) is 5.35. The van der Waals surface area contributed by atoms with Gasteiger partial charge in [0.1, 0.15) is 0 Å². The van der Waals surface area contributed by atoms with Gasteiger partial charge in [-0.15, -0.1) is 0 Å². The number of pyridine rings is 1. The van der Waals surface area contributed by atoms with E-state index in [9.17, 15) is 9.90 Å². The average Bonchev–Trinajstić information content (AvgIpc) is 2.47. The van der Waals surface area contributed by atoms with Crippen LogP contribution in [0.1, 0.15) is 49.5 Å². The molecule has 1 aliphatic rings. The zero-order valence-corrected chi connectivity index (χ0v) is 12.2. The number of aromatic carboxylic acids is 1. The highest BCUT2D eigenvalue weighted by Crippen LogP contribution is 2.33. The maximum absolute atomic E-state index is 11.3. The average molecular weight is 284 g/mol. The lowest BCUT2D eigenvalue weighted by Crippen LogP contribution is -2.36. The molecule has 0 unspecified atom stereocenters. The maximum atomic E-state index is 11.3. The highest BCUT2D eigenvalue weighted by molar-refractivity contribution is 5.97. The monoisotopic (exact) mass is 284 g/mol. The largest absolute Gasteiger partial charge is 0.477 e. The molecule has 1 aromatic heterocycles. The van der Waals surface area contributed by atoms with Gasteiger partial charge < -0.3 is 10.4 Å². The molecule has 0 spiro atoms. The SMILES string of the molecule is CC1(Nc2cc(C(=O)O)nc3ccccc23)CCCCC1. The quantitative estimate of drug-likeness (QED) is 0.892. The van der Waals surface area contributed by atoms with Crippen LogP contribution in [0.15, 0.2) is 30.3 Å². The normalized spacial score (nSPS) is 17.6. The summed E-state index contributed by atoms with van der Waals surface area (Å²) in [5.41, 5.74) is 1.73. The number of benzene rings is 1. The van der Waals surface area contributed by atoms with E-state index >= 15 is 0 Å². The topological polar surface area (TPSA) is 62.2 Å². The van der Waals surface area contributed by atoms with E-state index in [1.54, 1.807) is 6.07 Å². The number of hydrogen-bond acceptors (Lipinski definition) is 3. The first-order valence-electron chi connectivity index (χ1n) is 7.49. The van der Waals surface area contributed by atoms with Gasteiger partial charge >= 0.3 is 5.97 Å². The van der Waals surface area contributed by atoms with Gasteiger partial charge in [-0.05, 0) is 31.9 Å². The van der Waals surface area contributed by atoms with E-state index in [-0.39, 0.29) is 11.2 Å². The van der Waals surface area contributed by atoms with Gasteiger partial charge in [-0.3, -0.25) is 0 Å². The Morgan fingerprint density at radius 3 is 2.67 bits per heavy atom. The second-order valence-corrected chi connectivity index (χ2v) is 6.12. The molecule has 0 radical (unpaired) electrons. The number of fused-ring (bicyclic) bond motifs is 1. The van der Waals surface area contributed by atoms with E-state index in [1.807, 2.05) is 24.3 Å². The Hall–Kier alpha value is -2.10. The highest BCUT2D eigenvalue weighted by Gasteiger charge is 2.27. The smallest absolute Gasteiger partial charge is 0.354 e. The fourth-order valence-electron chi connectivity index (χ4n) is 3.17. The van der Waals surface area contributed by atoms with Gasteiger partial charge in [0, 0.05) is 16.6 Å². The van der Waals surface area contributed by atoms with Crippen molar-refractivity contribution in [3.63, 3.8) is 0 Å². The molecular formula is C17H20N2O2. The number of hydrogen-bond donors (Lipinski definition) is 2. The van der Waals surface area contributed by atoms with Gasteiger partial charge in [0.05, 0.1) is 5.52 Å². The minimum Gasteiger partial charge on any atom is -0.477 e. The molecule has 110 valence electrons. The molecular weight excluding hydrogens is 264 g/mol. The summed E-state index contributed by atoms with van der Waals surface area (Å²) in [6.07, 6.45) is 5.96. The summed E-state index contributed by atoms with van der Waals surface area (Å²) in [5, 5.41) is 13.8. The molecule has 0 bridgehead atoms. The van der Waals surface area contributed by atoms with Gasteiger partial charge in [-0.1, -0.05) is 37.5 Å². The van der Waals surface area contributed by atoms with Gasteiger partial charge in [-0.25, -0.2) is 9.78 Å². The summed E-state index contributed by atoms with van der Waals surface area (Å²) < 4.78 is 0. The molecule has 0 aliphatic heterocycles. The fourth-order valence-corrected chi connectivity index (χ4v) is 3.17. The summed E-state index contributed by atoms with van der Waals surface area (Å²) in [6, 6.07) is 9.34. The van der Waals surface area contributed by atoms with Gasteiger partial charge in [-0.2, -0.15) is 0 Å². The molecule has 0 saturated heterocycles. The first kappa shape index (κ1) is 13.9. The molecule has 0 amide bonds. The summed E-state index contributed by atoms with van der Waals surface area (Å²) in [7, 11) is 0. The zero-order chi connectivity index (χ0) is 14.9. The summed E-state index contributed by atoms with van der Waals surface area (Å²) >= 11 is 0. The van der Waals surface area contributed by atoms with Crippen molar-refractivity contribution in [2.75, 3.05) is 5.32 Å². The number of carboxylic acids is 1. The van der Waals surface area contributed by atoms with Crippen molar-refractivity contribution in [1.82, 2.24) is 4.98 Å². The van der Waals surface area contributed by atoms with Crippen molar-refractivity contribution in [1.29, 1.82) is 0 Å². The molecule has 1 aliphatic carbocycles. The summed E-state index contributed by atoms with van der Waals surface area (Å²) in [5.74, 6) is -0.988. The predicted molar refractivity (Wildman–Crippen MR) is 83.8 cm³/mol. The lowest BCUT2D eigenvalue weighted by molar-refractivity contribution is 0.0691. The lowest BCUT2D eigenvalue weighted by atomic mass is 9.83. The molecule has 1 aromatic carbocycles. The van der Waals surface area contributed by atoms with Crippen LogP contribution >= 0.6 is 0 Å². The first-order chi connectivity index (χ1) is 10.1. The summed E-state index contributed by atoms with van der Waals surface area (Å²) in [6.45, 7) is 2.22. The molecule has 2 aromatic rings. The molecule has 21 heavy (non-hydrogen) atoms. The number of carboxylic acid groups (broad SMARTS) is 1. The Balaban J connectivity index is 2.05. The van der Waals surface area contributed by atoms with Crippen molar-refractivity contribution in [2.24, 2.45) is 0 Å². The molecule has 1 heterocycles. The molecule has 1 fully saturated rings. The minimum absolute atomic E-state index is 0.0398. The van der Waals surface area contributed by atoms with E-state index in [4.69, 9.17) is 0 Å². The van der Waals surface area contributed by atoms with E-state index in [1.165, 1.54) is 19.3 Å². The number of aromatic nitrogens is 1. The van der Waals surface area contributed by atoms with Crippen molar-refractivity contribution in [2.45, 2.75) is 44.6 Å². The number of anilines is 1. The standard InChI is InChI=1S/C17H20N2O2/c1-17(9-5-2-6-10-17)19-14-11-15(16(20)21)18-13-8-4-3-7-12(13)14/h3-4,7-8,11H,2,5-6,9-10H2,1H3,(H,18,19)(H,20,21). The number of nitrogens with one attached hydrogen (secondary N) is 1. The van der Waals surface area contributed by atoms with Crippen LogP contribution in [-0.4, -0.2) is 21.6 Å². The van der Waals surface area contributed by atoms with E-state index in [0.29, 0.717) is 0 Å². The Morgan fingerprint density at radius 2 is 1.95 bits per heavy atom. The minimum atomic E-state index is -0.988. The van der Waals surface area contributed by atoms with Crippen LogP contribution < -0.4 is 5.32 Å². The third-order valence-corrected chi connectivity index (χ3v) is 4.33. The lowest BCUT2D eigenvalue weighted by Gasteiger charge is -2.36. The van der Waals surface area contributed by atoms with Crippen molar-refractivity contribution in [3.8, 4) is 0 Å². The van der Waals surface area contributed by atoms with Gasteiger partial charge in [0.2, 0.25) is 0 Å². The zero-order valence-electron chi connectivity index (χ0n) is 12.2. The molecule has 2 N–H and O–H groups in total. The maximum Gasteiger partial charge on any atom is 0.354 e. The molecule has 4 heteroatoms. The van der Waals surface area contributed by atoms with Crippen LogP contribution in [0.25, 0.3) is 10.9 Å². The van der Waals surface area contributed by atoms with Crippen molar-refractivity contribution >= 4 is 22.6 Å². The van der Waals surface area contributed by atoms with Crippen LogP contribution in [0.4, 0.5) is 5.69 Å². The van der Waals surface area contributed by atoms with E-state index < -0.39 is 5.97 Å². The Labute approximate surface area is 124 Å². The predicted octanol–water partition coefficient (Wildman–Crippen LogP) is 4.07.